The molecule has 1 N–H and O–H groups in total. The van der Waals surface area contributed by atoms with Gasteiger partial charge in [-0.25, -0.2) is 0 Å². The average molecular weight is 529 g/mol. The number of carbonyl (C=O) groups excluding carboxylic acids is 1. The van der Waals surface area contributed by atoms with Crippen LogP contribution in [0.2, 0.25) is 0 Å². The molecule has 6 nitrogen and oxygen atoms in total. The van der Waals surface area contributed by atoms with Crippen molar-refractivity contribution in [2.45, 2.75) is 20.1 Å². The van der Waals surface area contributed by atoms with Crippen molar-refractivity contribution >= 4 is 34.2 Å². The average Bonchev–Trinajstić information content (AvgIpc) is 3.19. The number of halogens is 3. The Labute approximate surface area is 185 Å². The van der Waals surface area contributed by atoms with Crippen LogP contribution in [0.25, 0.3) is 0 Å². The second kappa shape index (κ2) is 10.3. The number of hydrogen-bond acceptors (Lipinski definition) is 5. The van der Waals surface area contributed by atoms with E-state index < -0.39 is 12.5 Å². The maximum absolute atomic E-state index is 12.5. The Kier molecular flexibility index (Phi) is 7.50. The summed E-state index contributed by atoms with van der Waals surface area (Å²) in [6.07, 6.45) is 0. The Hall–Kier alpha value is -2.82. The second-order valence-electron chi connectivity index (χ2n) is 5.94. The third-order valence-corrected chi connectivity index (χ3v) is 4.52. The number of hydrogen-bond donors (Lipinski definition) is 1. The fraction of sp³-hybridized carbons (Fsp3) is 0.190. The molecule has 0 bridgehead atoms. The zero-order valence-corrected chi connectivity index (χ0v) is 18.0. The minimum atomic E-state index is -2.98. The molecule has 3 aromatic rings. The van der Waals surface area contributed by atoms with Gasteiger partial charge in [-0.1, -0.05) is 0 Å². The van der Waals surface area contributed by atoms with E-state index in [1.54, 1.807) is 13.0 Å². The highest BCUT2D eigenvalue weighted by Gasteiger charge is 2.15. The first kappa shape index (κ1) is 21.9. The number of amides is 1. The van der Waals surface area contributed by atoms with E-state index in [1.165, 1.54) is 24.3 Å². The monoisotopic (exact) mass is 529 g/mol. The molecule has 2 aromatic carbocycles. The van der Waals surface area contributed by atoms with Crippen LogP contribution in [-0.4, -0.2) is 19.1 Å². The summed E-state index contributed by atoms with van der Waals surface area (Å²) in [5.41, 5.74) is 0.346. The van der Waals surface area contributed by atoms with E-state index in [9.17, 15) is 13.6 Å². The smallest absolute Gasteiger partial charge is 0.387 e. The van der Waals surface area contributed by atoms with Crippen molar-refractivity contribution in [3.63, 3.8) is 0 Å². The number of alkyl halides is 2. The van der Waals surface area contributed by atoms with E-state index in [2.05, 4.69) is 32.6 Å². The maximum atomic E-state index is 12.5. The summed E-state index contributed by atoms with van der Waals surface area (Å²) in [5.74, 6) is 0.740. The van der Waals surface area contributed by atoms with Gasteiger partial charge in [0.25, 0.3) is 5.91 Å². The quantitative estimate of drug-likeness (QED) is 0.360. The van der Waals surface area contributed by atoms with Gasteiger partial charge in [0.15, 0.2) is 17.3 Å². The van der Waals surface area contributed by atoms with Gasteiger partial charge in [0.2, 0.25) is 0 Å². The van der Waals surface area contributed by atoms with Crippen LogP contribution in [0.15, 0.2) is 59.0 Å². The lowest BCUT2D eigenvalue weighted by molar-refractivity contribution is -0.0514. The topological polar surface area (TPSA) is 69.9 Å². The predicted molar refractivity (Wildman–Crippen MR) is 114 cm³/mol. The van der Waals surface area contributed by atoms with Crippen molar-refractivity contribution in [3.05, 3.63) is 69.7 Å². The summed E-state index contributed by atoms with van der Waals surface area (Å²) < 4.78 is 46.9. The van der Waals surface area contributed by atoms with Gasteiger partial charge in [0, 0.05) is 15.3 Å². The summed E-state index contributed by atoms with van der Waals surface area (Å²) in [5, 5.41) is 2.63. The highest BCUT2D eigenvalue weighted by molar-refractivity contribution is 14.1. The first-order valence-electron chi connectivity index (χ1n) is 8.94. The molecule has 30 heavy (non-hydrogen) atoms. The highest BCUT2D eigenvalue weighted by atomic mass is 127. The lowest BCUT2D eigenvalue weighted by Gasteiger charge is -2.13. The number of nitrogens with one attached hydrogen (secondary N) is 1. The van der Waals surface area contributed by atoms with Crippen molar-refractivity contribution in [3.8, 4) is 17.2 Å². The van der Waals surface area contributed by atoms with Crippen LogP contribution in [0, 0.1) is 3.57 Å². The number of benzene rings is 2. The fourth-order valence-electron chi connectivity index (χ4n) is 2.50. The van der Waals surface area contributed by atoms with Crippen LogP contribution < -0.4 is 19.5 Å². The normalized spacial score (nSPS) is 10.7. The molecule has 1 amide bonds. The minimum Gasteiger partial charge on any atom is -0.490 e. The van der Waals surface area contributed by atoms with E-state index in [0.29, 0.717) is 17.2 Å². The molecule has 0 atom stereocenters. The van der Waals surface area contributed by atoms with E-state index in [1.807, 2.05) is 24.3 Å². The van der Waals surface area contributed by atoms with Gasteiger partial charge in [-0.3, -0.25) is 4.79 Å². The third-order valence-electron chi connectivity index (χ3n) is 3.80. The SMILES string of the molecule is CCOc1cc(NC(=O)c2ccc(COc3ccc(I)cc3)o2)ccc1OC(F)F. The molecular formula is C21H18F2INO5. The van der Waals surface area contributed by atoms with Gasteiger partial charge in [0.05, 0.1) is 6.61 Å². The Morgan fingerprint density at radius 1 is 1.07 bits per heavy atom. The molecule has 0 aliphatic heterocycles. The molecule has 9 heteroatoms. The molecular weight excluding hydrogens is 511 g/mol. The van der Waals surface area contributed by atoms with Crippen molar-refractivity contribution in [1.29, 1.82) is 0 Å². The Morgan fingerprint density at radius 3 is 2.53 bits per heavy atom. The number of furan rings is 1. The van der Waals surface area contributed by atoms with Gasteiger partial charge in [0.1, 0.15) is 18.1 Å². The molecule has 1 heterocycles. The molecule has 1 aromatic heterocycles. The van der Waals surface area contributed by atoms with Crippen LogP contribution >= 0.6 is 22.6 Å². The zero-order chi connectivity index (χ0) is 21.5. The molecule has 3 rings (SSSR count). The second-order valence-corrected chi connectivity index (χ2v) is 7.18. The summed E-state index contributed by atoms with van der Waals surface area (Å²) in [4.78, 5) is 12.4. The van der Waals surface area contributed by atoms with Crippen molar-refractivity contribution < 1.29 is 32.2 Å². The van der Waals surface area contributed by atoms with Crippen LogP contribution in [-0.2, 0) is 6.61 Å². The standard InChI is InChI=1S/C21H18F2INO5/c1-2-27-19-11-14(5-9-17(19)30-21(22)23)25-20(26)18-10-8-16(29-18)12-28-15-6-3-13(24)4-7-15/h3-11,21H,2,12H2,1H3,(H,25,26). The molecule has 0 saturated heterocycles. The van der Waals surface area contributed by atoms with E-state index >= 15 is 0 Å². The van der Waals surface area contributed by atoms with Crippen LogP contribution in [0.1, 0.15) is 23.2 Å². The highest BCUT2D eigenvalue weighted by Crippen LogP contribution is 2.32. The van der Waals surface area contributed by atoms with Crippen molar-refractivity contribution in [2.75, 3.05) is 11.9 Å². The number of anilines is 1. The fourth-order valence-corrected chi connectivity index (χ4v) is 2.86. The Morgan fingerprint density at radius 2 is 1.83 bits per heavy atom. The van der Waals surface area contributed by atoms with Gasteiger partial charge in [-0.2, -0.15) is 8.78 Å². The molecule has 158 valence electrons. The first-order chi connectivity index (χ1) is 14.4. The Bertz CT molecular complexity index is 991. The lowest BCUT2D eigenvalue weighted by atomic mass is 10.2. The van der Waals surface area contributed by atoms with Crippen molar-refractivity contribution in [1.82, 2.24) is 0 Å². The third kappa shape index (κ3) is 6.09. The van der Waals surface area contributed by atoms with Gasteiger partial charge in [-0.15, -0.1) is 0 Å². The summed E-state index contributed by atoms with van der Waals surface area (Å²) in [6.45, 7) is -0.853. The van der Waals surface area contributed by atoms with Crippen molar-refractivity contribution in [2.24, 2.45) is 0 Å². The van der Waals surface area contributed by atoms with Gasteiger partial charge < -0.3 is 23.9 Å². The zero-order valence-electron chi connectivity index (χ0n) is 15.9. The first-order valence-corrected chi connectivity index (χ1v) is 10.0. The van der Waals surface area contributed by atoms with E-state index in [0.717, 1.165) is 3.57 Å². The minimum absolute atomic E-state index is 0.0853. The molecule has 0 unspecified atom stereocenters. The number of carbonyl (C=O) groups is 1. The largest absolute Gasteiger partial charge is 0.490 e. The van der Waals surface area contributed by atoms with E-state index in [-0.39, 0.29) is 30.5 Å². The summed E-state index contributed by atoms with van der Waals surface area (Å²) in [6, 6.07) is 14.8. The molecule has 0 fully saturated rings. The molecule has 0 saturated carbocycles. The summed E-state index contributed by atoms with van der Waals surface area (Å²) >= 11 is 2.20. The predicted octanol–water partition coefficient (Wildman–Crippen LogP) is 5.72. The van der Waals surface area contributed by atoms with Gasteiger partial charge >= 0.3 is 6.61 Å². The van der Waals surface area contributed by atoms with Crippen LogP contribution in [0.5, 0.6) is 17.2 Å². The summed E-state index contributed by atoms with van der Waals surface area (Å²) in [7, 11) is 0. The van der Waals surface area contributed by atoms with E-state index in [4.69, 9.17) is 13.9 Å². The number of rotatable bonds is 9. The molecule has 0 aliphatic carbocycles. The lowest BCUT2D eigenvalue weighted by Crippen LogP contribution is -2.11. The Balaban J connectivity index is 1.63. The maximum Gasteiger partial charge on any atom is 0.387 e. The molecule has 0 spiro atoms. The number of ether oxygens (including phenoxy) is 3. The molecule has 0 radical (unpaired) electrons. The molecule has 0 aliphatic rings. The van der Waals surface area contributed by atoms with Crippen LogP contribution in [0.4, 0.5) is 14.5 Å². The van der Waals surface area contributed by atoms with Crippen LogP contribution in [0.3, 0.4) is 0 Å². The van der Waals surface area contributed by atoms with Gasteiger partial charge in [-0.05, 0) is 78.0 Å².